The molecule has 0 unspecified atom stereocenters. The zero-order valence-corrected chi connectivity index (χ0v) is 11.1. The number of hydrogen-bond donors (Lipinski definition) is 1. The molecule has 1 aromatic heterocycles. The van der Waals surface area contributed by atoms with Crippen molar-refractivity contribution in [3.8, 4) is 0 Å². The summed E-state index contributed by atoms with van der Waals surface area (Å²) in [4.78, 5) is 23.1. The Balaban J connectivity index is 2.81. The van der Waals surface area contributed by atoms with Crippen LogP contribution in [-0.2, 0) is 17.8 Å². The summed E-state index contributed by atoms with van der Waals surface area (Å²) in [6.45, 7) is 0.0596. The van der Waals surface area contributed by atoms with E-state index in [0.29, 0.717) is 0 Å². The van der Waals surface area contributed by atoms with E-state index in [4.69, 9.17) is 5.11 Å². The molecule has 0 saturated carbocycles. The number of hydrogen-bond acceptors (Lipinski definition) is 2. The molecule has 0 aliphatic rings. The van der Waals surface area contributed by atoms with Gasteiger partial charge >= 0.3 is 12.1 Å². The second-order valence-electron chi connectivity index (χ2n) is 4.68. The number of carbonyl (C=O) groups is 1. The molecule has 112 valence electrons. The monoisotopic (exact) mass is 299 g/mol. The van der Waals surface area contributed by atoms with Gasteiger partial charge in [-0.15, -0.1) is 0 Å². The van der Waals surface area contributed by atoms with Crippen molar-refractivity contribution in [2.45, 2.75) is 26.1 Å². The van der Waals surface area contributed by atoms with Gasteiger partial charge in [-0.1, -0.05) is 12.1 Å². The van der Waals surface area contributed by atoms with Crippen LogP contribution in [0.15, 0.2) is 29.1 Å². The van der Waals surface area contributed by atoms with E-state index < -0.39 is 30.5 Å². The lowest BCUT2D eigenvalue weighted by molar-refractivity contribution is -0.140. The van der Waals surface area contributed by atoms with Crippen LogP contribution in [0.3, 0.4) is 0 Å². The number of pyridine rings is 1. The molecular formula is C14H12F3NO3. The van der Waals surface area contributed by atoms with Gasteiger partial charge in [-0.25, -0.2) is 0 Å². The van der Waals surface area contributed by atoms with Gasteiger partial charge < -0.3 is 9.67 Å². The second kappa shape index (κ2) is 5.23. The second-order valence-corrected chi connectivity index (χ2v) is 4.68. The smallest absolute Gasteiger partial charge is 0.406 e. The Labute approximate surface area is 117 Å². The van der Waals surface area contributed by atoms with Crippen molar-refractivity contribution in [3.63, 3.8) is 0 Å². The van der Waals surface area contributed by atoms with Crippen molar-refractivity contribution in [3.05, 3.63) is 45.7 Å². The molecule has 0 aliphatic carbocycles. The first kappa shape index (κ1) is 15.1. The number of aromatic nitrogens is 1. The van der Waals surface area contributed by atoms with Crippen LogP contribution >= 0.6 is 0 Å². The Bertz CT molecular complexity index is 762. The Morgan fingerprint density at radius 3 is 2.48 bits per heavy atom. The zero-order valence-electron chi connectivity index (χ0n) is 11.1. The van der Waals surface area contributed by atoms with Crippen LogP contribution in [0.4, 0.5) is 13.2 Å². The van der Waals surface area contributed by atoms with E-state index >= 15 is 0 Å². The molecule has 0 spiro atoms. The molecule has 0 radical (unpaired) electrons. The van der Waals surface area contributed by atoms with E-state index in [1.165, 1.54) is 31.2 Å². The van der Waals surface area contributed by atoms with Crippen molar-refractivity contribution in [1.82, 2.24) is 4.57 Å². The molecule has 21 heavy (non-hydrogen) atoms. The van der Waals surface area contributed by atoms with Crippen molar-refractivity contribution < 1.29 is 23.1 Å². The minimum Gasteiger partial charge on any atom is -0.481 e. The Hall–Kier alpha value is -2.31. The topological polar surface area (TPSA) is 59.3 Å². The van der Waals surface area contributed by atoms with E-state index in [1.54, 1.807) is 0 Å². The van der Waals surface area contributed by atoms with Crippen molar-refractivity contribution in [2.75, 3.05) is 0 Å². The summed E-state index contributed by atoms with van der Waals surface area (Å²) in [5.41, 5.74) is -0.487. The molecule has 1 heterocycles. The Morgan fingerprint density at radius 1 is 1.29 bits per heavy atom. The first-order valence-corrected chi connectivity index (χ1v) is 6.10. The normalized spacial score (nSPS) is 11.8. The number of carboxylic acids is 1. The van der Waals surface area contributed by atoms with E-state index in [-0.39, 0.29) is 22.2 Å². The molecule has 7 heteroatoms. The summed E-state index contributed by atoms with van der Waals surface area (Å²) >= 11 is 0. The molecule has 0 aliphatic heterocycles. The summed E-state index contributed by atoms with van der Waals surface area (Å²) in [6.07, 6.45) is -5.07. The van der Waals surface area contributed by atoms with Gasteiger partial charge in [0.25, 0.3) is 0 Å². The molecule has 2 aromatic rings. The van der Waals surface area contributed by atoms with Gasteiger partial charge in [-0.2, -0.15) is 13.2 Å². The molecule has 0 atom stereocenters. The molecule has 0 amide bonds. The molecule has 4 nitrogen and oxygen atoms in total. The summed E-state index contributed by atoms with van der Waals surface area (Å²) in [6, 6.07) is 5.88. The first-order chi connectivity index (χ1) is 9.70. The lowest BCUT2D eigenvalue weighted by atomic mass is 10.0. The van der Waals surface area contributed by atoms with Crippen LogP contribution in [0.25, 0.3) is 10.9 Å². The van der Waals surface area contributed by atoms with Crippen molar-refractivity contribution >= 4 is 16.9 Å². The largest absolute Gasteiger partial charge is 0.481 e. The highest BCUT2D eigenvalue weighted by molar-refractivity contribution is 5.82. The summed E-state index contributed by atoms with van der Waals surface area (Å²) in [5, 5.41) is 8.93. The van der Waals surface area contributed by atoms with Crippen LogP contribution in [0, 0.1) is 6.92 Å². The quantitative estimate of drug-likeness (QED) is 0.947. The summed E-state index contributed by atoms with van der Waals surface area (Å²) in [5.74, 6) is -1.26. The summed E-state index contributed by atoms with van der Waals surface area (Å²) < 4.78 is 39.1. The number of aliphatic carboxylic acids is 1. The van der Waals surface area contributed by atoms with Crippen LogP contribution in [0.1, 0.15) is 11.3 Å². The van der Waals surface area contributed by atoms with E-state index in [0.717, 1.165) is 4.57 Å². The molecule has 0 bridgehead atoms. The first-order valence-electron chi connectivity index (χ1n) is 6.10. The molecule has 2 rings (SSSR count). The Morgan fingerprint density at radius 2 is 1.90 bits per heavy atom. The maximum Gasteiger partial charge on any atom is 0.406 e. The maximum atomic E-state index is 12.7. The molecule has 0 fully saturated rings. The van der Waals surface area contributed by atoms with Crippen LogP contribution in [0.2, 0.25) is 0 Å². The number of carboxylic acid groups (broad SMARTS) is 1. The van der Waals surface area contributed by atoms with Crippen molar-refractivity contribution in [1.29, 1.82) is 0 Å². The average molecular weight is 299 g/mol. The number of fused-ring (bicyclic) bond motifs is 1. The standard InChI is InChI=1S/C14H12F3NO3/c1-8-10(6-12(19)20)13(21)9-4-2-3-5-11(9)18(8)7-14(15,16)17/h2-5H,6-7H2,1H3,(H,19,20). The average Bonchev–Trinajstić information content (AvgIpc) is 2.38. The van der Waals surface area contributed by atoms with E-state index in [2.05, 4.69) is 0 Å². The molecular weight excluding hydrogens is 287 g/mol. The van der Waals surface area contributed by atoms with Crippen LogP contribution in [-0.4, -0.2) is 21.8 Å². The molecule has 1 N–H and O–H groups in total. The third-order valence-electron chi connectivity index (χ3n) is 3.22. The van der Waals surface area contributed by atoms with Crippen LogP contribution in [0.5, 0.6) is 0 Å². The predicted octanol–water partition coefficient (Wildman–Crippen LogP) is 2.50. The fourth-order valence-electron chi connectivity index (χ4n) is 2.31. The fourth-order valence-corrected chi connectivity index (χ4v) is 2.31. The van der Waals surface area contributed by atoms with Gasteiger partial charge in [0.1, 0.15) is 6.54 Å². The van der Waals surface area contributed by atoms with Gasteiger partial charge in [0.05, 0.1) is 11.9 Å². The van der Waals surface area contributed by atoms with Gasteiger partial charge in [-0.3, -0.25) is 9.59 Å². The van der Waals surface area contributed by atoms with Crippen molar-refractivity contribution in [2.24, 2.45) is 0 Å². The van der Waals surface area contributed by atoms with E-state index in [9.17, 15) is 22.8 Å². The number of alkyl halides is 3. The highest BCUT2D eigenvalue weighted by Gasteiger charge is 2.30. The van der Waals surface area contributed by atoms with Gasteiger partial charge in [0.2, 0.25) is 0 Å². The third kappa shape index (κ3) is 3.07. The minimum absolute atomic E-state index is 0.0263. The lowest BCUT2D eigenvalue weighted by Crippen LogP contribution is -2.26. The molecule has 0 saturated heterocycles. The van der Waals surface area contributed by atoms with Crippen LogP contribution < -0.4 is 5.43 Å². The van der Waals surface area contributed by atoms with Gasteiger partial charge in [-0.05, 0) is 19.1 Å². The summed E-state index contributed by atoms with van der Waals surface area (Å²) in [7, 11) is 0. The fraction of sp³-hybridized carbons (Fsp3) is 0.286. The number of halogens is 3. The third-order valence-corrected chi connectivity index (χ3v) is 3.22. The van der Waals surface area contributed by atoms with Gasteiger partial charge in [0.15, 0.2) is 5.43 Å². The highest BCUT2D eigenvalue weighted by Crippen LogP contribution is 2.23. The predicted molar refractivity (Wildman–Crippen MR) is 70.3 cm³/mol. The SMILES string of the molecule is Cc1c(CC(=O)O)c(=O)c2ccccc2n1CC(F)(F)F. The Kier molecular flexibility index (Phi) is 3.76. The lowest BCUT2D eigenvalue weighted by Gasteiger charge is -2.19. The highest BCUT2D eigenvalue weighted by atomic mass is 19.4. The minimum atomic E-state index is -4.47. The maximum absolute atomic E-state index is 12.7. The number of para-hydroxylation sites is 1. The number of rotatable bonds is 3. The van der Waals surface area contributed by atoms with E-state index in [1.807, 2.05) is 0 Å². The zero-order chi connectivity index (χ0) is 15.8. The van der Waals surface area contributed by atoms with Gasteiger partial charge in [0, 0.05) is 16.6 Å². The molecule has 1 aromatic carbocycles. The number of nitrogens with zero attached hydrogens (tertiary/aromatic N) is 1. The number of benzene rings is 1.